The minimum absolute atomic E-state index is 0.200. The number of rotatable bonds is 10. The van der Waals surface area contributed by atoms with E-state index in [0.717, 1.165) is 11.1 Å². The number of piperidine rings is 1. The number of ether oxygens (including phenoxy) is 2. The van der Waals surface area contributed by atoms with Gasteiger partial charge in [0.15, 0.2) is 0 Å². The van der Waals surface area contributed by atoms with Gasteiger partial charge in [0.05, 0.1) is 19.8 Å². The monoisotopic (exact) mass is 451 g/mol. The quantitative estimate of drug-likeness (QED) is 0.298. The van der Waals surface area contributed by atoms with Crippen molar-refractivity contribution in [1.82, 2.24) is 4.90 Å². The number of unbranched alkanes of at least 4 members (excludes halogenated alkanes) is 1. The van der Waals surface area contributed by atoms with E-state index in [0.29, 0.717) is 45.3 Å². The summed E-state index contributed by atoms with van der Waals surface area (Å²) in [4.78, 5) is 40.5. The Balaban J connectivity index is 1.88. The molecule has 0 radical (unpaired) electrons. The zero-order chi connectivity index (χ0) is 23.7. The van der Waals surface area contributed by atoms with Crippen molar-refractivity contribution in [2.45, 2.75) is 51.5 Å². The molecule has 1 fully saturated rings. The van der Waals surface area contributed by atoms with E-state index >= 15 is 0 Å². The van der Waals surface area contributed by atoms with E-state index < -0.39 is 11.4 Å². The maximum Gasteiger partial charge on any atom is 0.321 e. The van der Waals surface area contributed by atoms with Gasteiger partial charge in [0, 0.05) is 13.0 Å². The SMILES string of the molecule is CCOC(=O)CCCC[C@@]1(C(=O)OC)CCCN(C(c2ccccc2)c2ccccc2)C1=O. The minimum atomic E-state index is -1.23. The number of hydrogen-bond donors (Lipinski definition) is 0. The topological polar surface area (TPSA) is 72.9 Å². The Kier molecular flexibility index (Phi) is 8.64. The summed E-state index contributed by atoms with van der Waals surface area (Å²) in [5.74, 6) is -0.947. The lowest BCUT2D eigenvalue weighted by atomic mass is 9.74. The molecular formula is C27H33NO5. The molecule has 1 aliphatic rings. The molecule has 2 aromatic carbocycles. The third kappa shape index (κ3) is 5.62. The van der Waals surface area contributed by atoms with E-state index in [1.165, 1.54) is 7.11 Å². The molecule has 1 saturated heterocycles. The molecule has 0 aliphatic carbocycles. The molecule has 0 aromatic heterocycles. The second-order valence-corrected chi connectivity index (χ2v) is 8.41. The number of likely N-dealkylation sites (tertiary alicyclic amines) is 1. The number of carbonyl (C=O) groups excluding carboxylic acids is 3. The van der Waals surface area contributed by atoms with Crippen LogP contribution in [0.3, 0.4) is 0 Å². The van der Waals surface area contributed by atoms with Gasteiger partial charge in [-0.2, -0.15) is 0 Å². The summed E-state index contributed by atoms with van der Waals surface area (Å²) in [5.41, 5.74) is 0.767. The van der Waals surface area contributed by atoms with Gasteiger partial charge in [0.25, 0.3) is 0 Å². The first kappa shape index (κ1) is 24.5. The van der Waals surface area contributed by atoms with E-state index in [1.54, 1.807) is 6.92 Å². The molecule has 0 saturated carbocycles. The van der Waals surface area contributed by atoms with Crippen molar-refractivity contribution in [2.24, 2.45) is 5.41 Å². The summed E-state index contributed by atoms with van der Waals surface area (Å²) in [6.45, 7) is 2.68. The van der Waals surface area contributed by atoms with Crippen LogP contribution in [0.25, 0.3) is 0 Å². The van der Waals surface area contributed by atoms with Gasteiger partial charge in [-0.05, 0) is 43.7 Å². The van der Waals surface area contributed by atoms with Crippen LogP contribution in [0, 0.1) is 5.41 Å². The fourth-order valence-electron chi connectivity index (χ4n) is 4.75. The van der Waals surface area contributed by atoms with Gasteiger partial charge < -0.3 is 14.4 Å². The van der Waals surface area contributed by atoms with E-state index in [4.69, 9.17) is 9.47 Å². The molecule has 6 nitrogen and oxygen atoms in total. The van der Waals surface area contributed by atoms with Crippen LogP contribution in [0.1, 0.15) is 62.6 Å². The minimum Gasteiger partial charge on any atom is -0.468 e. The molecule has 2 aromatic rings. The van der Waals surface area contributed by atoms with Crippen molar-refractivity contribution < 1.29 is 23.9 Å². The highest BCUT2D eigenvalue weighted by Gasteiger charge is 2.52. The van der Waals surface area contributed by atoms with Gasteiger partial charge in [-0.15, -0.1) is 0 Å². The van der Waals surface area contributed by atoms with Gasteiger partial charge in [-0.3, -0.25) is 14.4 Å². The molecule has 6 heteroatoms. The maximum atomic E-state index is 14.0. The highest BCUT2D eigenvalue weighted by atomic mass is 16.5. The average molecular weight is 452 g/mol. The molecule has 1 amide bonds. The lowest BCUT2D eigenvalue weighted by Gasteiger charge is -2.43. The Morgan fingerprint density at radius 2 is 1.61 bits per heavy atom. The Morgan fingerprint density at radius 1 is 1.00 bits per heavy atom. The zero-order valence-electron chi connectivity index (χ0n) is 19.5. The smallest absolute Gasteiger partial charge is 0.321 e. The fourth-order valence-corrected chi connectivity index (χ4v) is 4.75. The molecule has 0 N–H and O–H groups in total. The molecule has 1 heterocycles. The van der Waals surface area contributed by atoms with Crippen molar-refractivity contribution in [1.29, 1.82) is 0 Å². The van der Waals surface area contributed by atoms with Crippen LogP contribution in [0.15, 0.2) is 60.7 Å². The molecule has 33 heavy (non-hydrogen) atoms. The number of benzene rings is 2. The maximum absolute atomic E-state index is 14.0. The van der Waals surface area contributed by atoms with Gasteiger partial charge in [0.1, 0.15) is 5.41 Å². The van der Waals surface area contributed by atoms with Crippen molar-refractivity contribution >= 4 is 17.8 Å². The lowest BCUT2D eigenvalue weighted by molar-refractivity contribution is -0.169. The van der Waals surface area contributed by atoms with Crippen LogP contribution in [0.5, 0.6) is 0 Å². The Bertz CT molecular complexity index is 891. The Labute approximate surface area is 195 Å². The molecule has 1 atom stereocenters. The predicted molar refractivity (Wildman–Crippen MR) is 125 cm³/mol. The average Bonchev–Trinajstić information content (AvgIpc) is 2.85. The highest BCUT2D eigenvalue weighted by molar-refractivity contribution is 6.03. The zero-order valence-corrected chi connectivity index (χ0v) is 19.5. The number of hydrogen-bond acceptors (Lipinski definition) is 5. The second kappa shape index (κ2) is 11.6. The third-order valence-corrected chi connectivity index (χ3v) is 6.33. The predicted octanol–water partition coefficient (Wildman–Crippen LogP) is 4.68. The van der Waals surface area contributed by atoms with Crippen molar-refractivity contribution in [3.63, 3.8) is 0 Å². The van der Waals surface area contributed by atoms with E-state index in [1.807, 2.05) is 65.6 Å². The highest BCUT2D eigenvalue weighted by Crippen LogP contribution is 2.42. The summed E-state index contributed by atoms with van der Waals surface area (Å²) in [7, 11) is 1.33. The summed E-state index contributed by atoms with van der Waals surface area (Å²) >= 11 is 0. The van der Waals surface area contributed by atoms with E-state index in [2.05, 4.69) is 0 Å². The number of amides is 1. The summed E-state index contributed by atoms with van der Waals surface area (Å²) in [6, 6.07) is 19.5. The molecule has 0 unspecified atom stereocenters. The molecule has 0 spiro atoms. The van der Waals surface area contributed by atoms with Crippen LogP contribution in [-0.4, -0.2) is 43.0 Å². The Hall–Kier alpha value is -3.15. The van der Waals surface area contributed by atoms with E-state index in [9.17, 15) is 14.4 Å². The van der Waals surface area contributed by atoms with Gasteiger partial charge >= 0.3 is 11.9 Å². The second-order valence-electron chi connectivity index (χ2n) is 8.41. The molecule has 3 rings (SSSR count). The Morgan fingerprint density at radius 3 is 2.15 bits per heavy atom. The van der Waals surface area contributed by atoms with Crippen LogP contribution in [0.2, 0.25) is 0 Å². The number of nitrogens with zero attached hydrogens (tertiary/aromatic N) is 1. The van der Waals surface area contributed by atoms with Crippen molar-refractivity contribution in [3.8, 4) is 0 Å². The first-order chi connectivity index (χ1) is 16.0. The van der Waals surface area contributed by atoms with Crippen molar-refractivity contribution in [3.05, 3.63) is 71.8 Å². The number of carbonyl (C=O) groups is 3. The molecule has 1 aliphatic heterocycles. The number of methoxy groups -OCH3 is 1. The lowest BCUT2D eigenvalue weighted by Crippen LogP contribution is -2.54. The summed E-state index contributed by atoms with van der Waals surface area (Å²) < 4.78 is 10.1. The van der Waals surface area contributed by atoms with Crippen LogP contribution in [0.4, 0.5) is 0 Å². The van der Waals surface area contributed by atoms with Crippen molar-refractivity contribution in [2.75, 3.05) is 20.3 Å². The van der Waals surface area contributed by atoms with Crippen LogP contribution in [-0.2, 0) is 23.9 Å². The fraction of sp³-hybridized carbons (Fsp3) is 0.444. The number of esters is 2. The van der Waals surface area contributed by atoms with Gasteiger partial charge in [-0.25, -0.2) is 0 Å². The standard InChI is InChI=1S/C27H33NO5/c1-3-33-23(29)17-10-11-18-27(26(31)32-2)19-12-20-28(25(27)30)24(21-13-6-4-7-14-21)22-15-8-5-9-16-22/h4-9,13-16,24H,3,10-12,17-20H2,1-2H3/t27-/m1/s1. The van der Waals surface area contributed by atoms with Crippen LogP contribution < -0.4 is 0 Å². The third-order valence-electron chi connectivity index (χ3n) is 6.33. The largest absolute Gasteiger partial charge is 0.468 e. The summed E-state index contributed by atoms with van der Waals surface area (Å²) in [5, 5.41) is 0. The van der Waals surface area contributed by atoms with Gasteiger partial charge in [0.2, 0.25) is 5.91 Å². The van der Waals surface area contributed by atoms with Crippen LogP contribution >= 0.6 is 0 Å². The first-order valence-corrected chi connectivity index (χ1v) is 11.7. The summed E-state index contributed by atoms with van der Waals surface area (Å²) in [6.07, 6.45) is 2.91. The normalized spacial score (nSPS) is 18.3. The molecular weight excluding hydrogens is 418 g/mol. The molecule has 0 bridgehead atoms. The van der Waals surface area contributed by atoms with E-state index in [-0.39, 0.29) is 24.3 Å². The first-order valence-electron chi connectivity index (χ1n) is 11.7. The molecule has 176 valence electrons. The van der Waals surface area contributed by atoms with Gasteiger partial charge in [-0.1, -0.05) is 67.1 Å².